The summed E-state index contributed by atoms with van der Waals surface area (Å²) in [5.74, 6) is 4.68. The van der Waals surface area contributed by atoms with Crippen molar-refractivity contribution in [2.45, 2.75) is 71.3 Å². The highest BCUT2D eigenvalue weighted by molar-refractivity contribution is 5.22. The topological polar surface area (TPSA) is 20.2 Å². The molecule has 0 aromatic rings. The van der Waals surface area contributed by atoms with Crippen LogP contribution in [0.4, 0.5) is 0 Å². The Balaban J connectivity index is 1.55. The van der Waals surface area contributed by atoms with E-state index in [1.54, 1.807) is 5.57 Å². The van der Waals surface area contributed by atoms with Crippen molar-refractivity contribution < 1.29 is 5.11 Å². The molecule has 4 rings (SSSR count). The van der Waals surface area contributed by atoms with E-state index in [4.69, 9.17) is 0 Å². The Bertz CT molecular complexity index is 425. The first-order chi connectivity index (χ1) is 9.58. The van der Waals surface area contributed by atoms with Crippen molar-refractivity contribution in [2.75, 3.05) is 0 Å². The van der Waals surface area contributed by atoms with Crippen LogP contribution in [0, 0.1) is 35.0 Å². The minimum absolute atomic E-state index is 0.0112. The van der Waals surface area contributed by atoms with Crippen LogP contribution in [0.15, 0.2) is 11.6 Å². The third-order valence-electron chi connectivity index (χ3n) is 7.85. The Labute approximate surface area is 123 Å². The van der Waals surface area contributed by atoms with Crippen LogP contribution in [0.25, 0.3) is 0 Å². The first-order valence-electron chi connectivity index (χ1n) is 8.93. The summed E-state index contributed by atoms with van der Waals surface area (Å²) >= 11 is 0. The van der Waals surface area contributed by atoms with Gasteiger partial charge in [0.15, 0.2) is 0 Å². The van der Waals surface area contributed by atoms with Gasteiger partial charge in [0.25, 0.3) is 0 Å². The van der Waals surface area contributed by atoms with E-state index in [0.717, 1.165) is 42.4 Å². The molecule has 7 atom stereocenters. The van der Waals surface area contributed by atoms with Crippen molar-refractivity contribution in [1.29, 1.82) is 0 Å². The molecule has 0 unspecified atom stereocenters. The molecular formula is C19H30O. The lowest BCUT2D eigenvalue weighted by atomic mass is 9.51. The van der Waals surface area contributed by atoms with Crippen LogP contribution < -0.4 is 0 Å². The van der Waals surface area contributed by atoms with E-state index in [1.165, 1.54) is 38.5 Å². The summed E-state index contributed by atoms with van der Waals surface area (Å²) in [5, 5.41) is 9.96. The SMILES string of the molecule is CC1=CC[C@@H]2[C@H]3C[C@H]4CC[C@@H](O)C[C@@H]4C[C@@H]3CC[C@@]12C. The molecule has 0 bridgehead atoms. The second kappa shape index (κ2) is 4.60. The second-order valence-electron chi connectivity index (χ2n) is 8.57. The first kappa shape index (κ1) is 13.4. The number of hydrogen-bond donors (Lipinski definition) is 1. The molecule has 1 N–H and O–H groups in total. The van der Waals surface area contributed by atoms with E-state index in [2.05, 4.69) is 19.9 Å². The first-order valence-corrected chi connectivity index (χ1v) is 8.93. The van der Waals surface area contributed by atoms with Gasteiger partial charge in [-0.15, -0.1) is 0 Å². The number of aliphatic hydroxyl groups is 1. The predicted molar refractivity (Wildman–Crippen MR) is 82.3 cm³/mol. The maximum Gasteiger partial charge on any atom is 0.0543 e. The van der Waals surface area contributed by atoms with Gasteiger partial charge >= 0.3 is 0 Å². The molecule has 0 aromatic heterocycles. The Morgan fingerprint density at radius 1 is 1.05 bits per heavy atom. The van der Waals surface area contributed by atoms with Crippen molar-refractivity contribution in [1.82, 2.24) is 0 Å². The Hall–Kier alpha value is -0.300. The Morgan fingerprint density at radius 3 is 2.75 bits per heavy atom. The van der Waals surface area contributed by atoms with E-state index >= 15 is 0 Å². The molecule has 3 saturated carbocycles. The molecule has 4 aliphatic carbocycles. The van der Waals surface area contributed by atoms with Crippen LogP contribution in [0.1, 0.15) is 65.2 Å². The quantitative estimate of drug-likeness (QED) is 0.642. The molecule has 112 valence electrons. The Morgan fingerprint density at radius 2 is 1.90 bits per heavy atom. The molecule has 3 fully saturated rings. The summed E-state index contributed by atoms with van der Waals surface area (Å²) in [6.07, 6.45) is 13.1. The monoisotopic (exact) mass is 274 g/mol. The van der Waals surface area contributed by atoms with Crippen LogP contribution in [-0.2, 0) is 0 Å². The summed E-state index contributed by atoms with van der Waals surface area (Å²) < 4.78 is 0. The highest BCUT2D eigenvalue weighted by Gasteiger charge is 2.52. The summed E-state index contributed by atoms with van der Waals surface area (Å²) in [6, 6.07) is 0. The fraction of sp³-hybridized carbons (Fsp3) is 0.895. The molecule has 0 saturated heterocycles. The van der Waals surface area contributed by atoms with Crippen LogP contribution in [0.3, 0.4) is 0 Å². The van der Waals surface area contributed by atoms with Gasteiger partial charge in [0.2, 0.25) is 0 Å². The van der Waals surface area contributed by atoms with Crippen molar-refractivity contribution in [2.24, 2.45) is 35.0 Å². The molecule has 0 radical (unpaired) electrons. The lowest BCUT2D eigenvalue weighted by molar-refractivity contribution is -0.0459. The average Bonchev–Trinajstić information content (AvgIpc) is 2.73. The van der Waals surface area contributed by atoms with Gasteiger partial charge in [-0.25, -0.2) is 0 Å². The molecule has 0 heterocycles. The molecule has 4 aliphatic rings. The maximum atomic E-state index is 9.96. The number of aliphatic hydroxyl groups excluding tert-OH is 1. The lowest BCUT2D eigenvalue weighted by Gasteiger charge is -2.54. The zero-order valence-corrected chi connectivity index (χ0v) is 13.1. The molecule has 0 spiro atoms. The van der Waals surface area contributed by atoms with E-state index in [1.807, 2.05) is 0 Å². The van der Waals surface area contributed by atoms with Gasteiger partial charge in [-0.3, -0.25) is 0 Å². The Kier molecular flexibility index (Phi) is 3.07. The predicted octanol–water partition coefficient (Wildman–Crippen LogP) is 4.56. The largest absolute Gasteiger partial charge is 0.393 e. The standard InChI is InChI=1S/C19H30O/c1-12-3-6-18-17-11-13-4-5-16(20)10-15(13)9-14(17)7-8-19(12,18)2/h3,13-18,20H,4-11H2,1-2H3/t13-,14+,15+,16-,17+,18-,19+/m1/s1. The fourth-order valence-corrected chi connectivity index (χ4v) is 6.44. The third-order valence-corrected chi connectivity index (χ3v) is 7.85. The minimum Gasteiger partial charge on any atom is -0.393 e. The molecule has 0 aromatic carbocycles. The average molecular weight is 274 g/mol. The van der Waals surface area contributed by atoms with Gasteiger partial charge in [0.05, 0.1) is 6.10 Å². The second-order valence-corrected chi connectivity index (χ2v) is 8.57. The van der Waals surface area contributed by atoms with Crippen molar-refractivity contribution >= 4 is 0 Å². The molecule has 20 heavy (non-hydrogen) atoms. The van der Waals surface area contributed by atoms with Crippen molar-refractivity contribution in [3.05, 3.63) is 11.6 Å². The van der Waals surface area contributed by atoms with Crippen molar-refractivity contribution in [3.8, 4) is 0 Å². The smallest absolute Gasteiger partial charge is 0.0543 e. The third kappa shape index (κ3) is 1.85. The molecule has 0 amide bonds. The van der Waals surface area contributed by atoms with Gasteiger partial charge in [-0.2, -0.15) is 0 Å². The summed E-state index contributed by atoms with van der Waals surface area (Å²) in [4.78, 5) is 0. The van der Waals surface area contributed by atoms with Crippen molar-refractivity contribution in [3.63, 3.8) is 0 Å². The number of fused-ring (bicyclic) bond motifs is 4. The number of hydrogen-bond acceptors (Lipinski definition) is 1. The molecular weight excluding hydrogens is 244 g/mol. The van der Waals surface area contributed by atoms with Crippen LogP contribution in [0.2, 0.25) is 0 Å². The minimum atomic E-state index is 0.0112. The normalized spacial score (nSPS) is 54.6. The molecule has 1 heteroatoms. The van der Waals surface area contributed by atoms with Crippen LogP contribution >= 0.6 is 0 Å². The van der Waals surface area contributed by atoms with Gasteiger partial charge in [0, 0.05) is 0 Å². The van der Waals surface area contributed by atoms with E-state index in [-0.39, 0.29) is 6.10 Å². The van der Waals surface area contributed by atoms with Gasteiger partial charge in [-0.05, 0) is 93.3 Å². The number of allylic oxidation sites excluding steroid dienone is 2. The highest BCUT2D eigenvalue weighted by atomic mass is 16.3. The van der Waals surface area contributed by atoms with Crippen LogP contribution in [-0.4, -0.2) is 11.2 Å². The molecule has 0 aliphatic heterocycles. The number of rotatable bonds is 0. The lowest BCUT2D eigenvalue weighted by Crippen LogP contribution is -2.46. The van der Waals surface area contributed by atoms with Gasteiger partial charge in [-0.1, -0.05) is 18.6 Å². The zero-order chi connectivity index (χ0) is 13.9. The zero-order valence-electron chi connectivity index (χ0n) is 13.1. The summed E-state index contributed by atoms with van der Waals surface area (Å²) in [5.41, 5.74) is 2.21. The molecule has 1 nitrogen and oxygen atoms in total. The fourth-order valence-electron chi connectivity index (χ4n) is 6.44. The van der Waals surface area contributed by atoms with E-state index < -0.39 is 0 Å². The summed E-state index contributed by atoms with van der Waals surface area (Å²) in [6.45, 7) is 4.92. The van der Waals surface area contributed by atoms with E-state index in [0.29, 0.717) is 5.41 Å². The highest BCUT2D eigenvalue weighted by Crippen LogP contribution is 2.61. The van der Waals surface area contributed by atoms with E-state index in [9.17, 15) is 5.11 Å². The summed E-state index contributed by atoms with van der Waals surface area (Å²) in [7, 11) is 0. The van der Waals surface area contributed by atoms with Gasteiger partial charge < -0.3 is 5.11 Å². The maximum absolute atomic E-state index is 9.96. The van der Waals surface area contributed by atoms with Gasteiger partial charge in [0.1, 0.15) is 0 Å². The van der Waals surface area contributed by atoms with Crippen LogP contribution in [0.5, 0.6) is 0 Å².